The highest BCUT2D eigenvalue weighted by Crippen LogP contribution is 2.28. The van der Waals surface area contributed by atoms with Crippen LogP contribution >= 0.6 is 0 Å². The molecule has 0 bridgehead atoms. The second-order valence-electron chi connectivity index (χ2n) is 8.08. The van der Waals surface area contributed by atoms with Gasteiger partial charge in [-0.15, -0.1) is 0 Å². The SMILES string of the molecule is CC(C)(C)OC(=O)N(Cc1cc2ccc(CN)cc2[nH]1)CC1CCC1. The number of nitrogens with two attached hydrogens (primary N) is 1. The maximum atomic E-state index is 12.6. The van der Waals surface area contributed by atoms with Crippen molar-refractivity contribution in [3.05, 3.63) is 35.5 Å². The summed E-state index contributed by atoms with van der Waals surface area (Å²) in [5.41, 5.74) is 8.42. The van der Waals surface area contributed by atoms with Crippen molar-refractivity contribution in [1.29, 1.82) is 0 Å². The molecule has 5 nitrogen and oxygen atoms in total. The van der Waals surface area contributed by atoms with Crippen LogP contribution in [-0.4, -0.2) is 28.1 Å². The van der Waals surface area contributed by atoms with Crippen molar-refractivity contribution in [2.24, 2.45) is 11.7 Å². The van der Waals surface area contributed by atoms with Gasteiger partial charge in [0.15, 0.2) is 0 Å². The fourth-order valence-electron chi connectivity index (χ4n) is 3.17. The van der Waals surface area contributed by atoms with E-state index in [1.807, 2.05) is 31.7 Å². The van der Waals surface area contributed by atoms with E-state index in [0.717, 1.165) is 28.7 Å². The first-order chi connectivity index (χ1) is 11.8. The van der Waals surface area contributed by atoms with Gasteiger partial charge >= 0.3 is 6.09 Å². The van der Waals surface area contributed by atoms with E-state index in [1.165, 1.54) is 19.3 Å². The molecule has 1 heterocycles. The maximum Gasteiger partial charge on any atom is 0.410 e. The molecule has 5 heteroatoms. The zero-order valence-electron chi connectivity index (χ0n) is 15.5. The van der Waals surface area contributed by atoms with E-state index in [4.69, 9.17) is 10.5 Å². The summed E-state index contributed by atoms with van der Waals surface area (Å²) in [7, 11) is 0. The van der Waals surface area contributed by atoms with Crippen LogP contribution < -0.4 is 5.73 Å². The highest BCUT2D eigenvalue weighted by Gasteiger charge is 2.27. The van der Waals surface area contributed by atoms with E-state index in [0.29, 0.717) is 19.0 Å². The number of hydrogen-bond donors (Lipinski definition) is 2. The molecule has 0 saturated heterocycles. The van der Waals surface area contributed by atoms with Gasteiger partial charge in [-0.05, 0) is 62.6 Å². The molecule has 0 atom stereocenters. The van der Waals surface area contributed by atoms with E-state index < -0.39 is 5.60 Å². The molecule has 0 unspecified atom stereocenters. The predicted octanol–water partition coefficient (Wildman–Crippen LogP) is 4.16. The molecule has 1 aromatic heterocycles. The molecule has 1 fully saturated rings. The lowest BCUT2D eigenvalue weighted by Gasteiger charge is -2.33. The van der Waals surface area contributed by atoms with Crippen molar-refractivity contribution < 1.29 is 9.53 Å². The molecule has 1 aromatic carbocycles. The third-order valence-electron chi connectivity index (χ3n) is 4.69. The molecule has 25 heavy (non-hydrogen) atoms. The number of carbonyl (C=O) groups excluding carboxylic acids is 1. The Balaban J connectivity index is 1.77. The van der Waals surface area contributed by atoms with E-state index in [9.17, 15) is 4.79 Å². The van der Waals surface area contributed by atoms with Crippen molar-refractivity contribution in [1.82, 2.24) is 9.88 Å². The topological polar surface area (TPSA) is 71.3 Å². The van der Waals surface area contributed by atoms with E-state index in [-0.39, 0.29) is 6.09 Å². The summed E-state index contributed by atoms with van der Waals surface area (Å²) < 4.78 is 5.61. The van der Waals surface area contributed by atoms with Gasteiger partial charge in [0.05, 0.1) is 6.54 Å². The molecule has 3 N–H and O–H groups in total. The Morgan fingerprint density at radius 3 is 2.68 bits per heavy atom. The van der Waals surface area contributed by atoms with Crippen molar-refractivity contribution in [3.63, 3.8) is 0 Å². The lowest BCUT2D eigenvalue weighted by atomic mass is 9.85. The Morgan fingerprint density at radius 2 is 2.08 bits per heavy atom. The summed E-state index contributed by atoms with van der Waals surface area (Å²) in [5.74, 6) is 0.598. The van der Waals surface area contributed by atoms with Crippen molar-refractivity contribution >= 4 is 17.0 Å². The first kappa shape index (κ1) is 17.8. The maximum absolute atomic E-state index is 12.6. The number of nitrogens with zero attached hydrogens (tertiary/aromatic N) is 1. The number of carbonyl (C=O) groups is 1. The molecule has 0 aliphatic heterocycles. The second kappa shape index (κ2) is 7.08. The minimum atomic E-state index is -0.481. The van der Waals surface area contributed by atoms with Gasteiger partial charge in [0.2, 0.25) is 0 Å². The average Bonchev–Trinajstić information content (AvgIpc) is 2.88. The number of amides is 1. The number of fused-ring (bicyclic) bond motifs is 1. The fraction of sp³-hybridized carbons (Fsp3) is 0.550. The Hall–Kier alpha value is -2.01. The Bertz CT molecular complexity index is 741. The fourth-order valence-corrected chi connectivity index (χ4v) is 3.17. The Kier molecular flexibility index (Phi) is 5.04. The first-order valence-corrected chi connectivity index (χ1v) is 9.12. The second-order valence-corrected chi connectivity index (χ2v) is 8.08. The third-order valence-corrected chi connectivity index (χ3v) is 4.69. The number of H-pyrrole nitrogens is 1. The van der Waals surface area contributed by atoms with E-state index >= 15 is 0 Å². The molecular weight excluding hydrogens is 314 g/mol. The molecule has 136 valence electrons. The number of aromatic nitrogens is 1. The van der Waals surface area contributed by atoms with Gasteiger partial charge < -0.3 is 20.4 Å². The van der Waals surface area contributed by atoms with Gasteiger partial charge in [-0.25, -0.2) is 4.79 Å². The van der Waals surface area contributed by atoms with Gasteiger partial charge in [0.1, 0.15) is 5.60 Å². The van der Waals surface area contributed by atoms with Gasteiger partial charge in [-0.2, -0.15) is 0 Å². The Morgan fingerprint density at radius 1 is 1.32 bits per heavy atom. The zero-order chi connectivity index (χ0) is 18.0. The molecule has 2 aromatic rings. The van der Waals surface area contributed by atoms with Crippen LogP contribution in [0.2, 0.25) is 0 Å². The molecule has 1 saturated carbocycles. The quantitative estimate of drug-likeness (QED) is 0.856. The largest absolute Gasteiger partial charge is 0.444 e. The van der Waals surface area contributed by atoms with Crippen LogP contribution in [0.5, 0.6) is 0 Å². The zero-order valence-corrected chi connectivity index (χ0v) is 15.5. The van der Waals surface area contributed by atoms with Gasteiger partial charge in [-0.1, -0.05) is 18.6 Å². The molecule has 0 radical (unpaired) electrons. The average molecular weight is 343 g/mol. The number of benzene rings is 1. The van der Waals surface area contributed by atoms with Crippen LogP contribution in [0.1, 0.15) is 51.3 Å². The summed E-state index contributed by atoms with van der Waals surface area (Å²) >= 11 is 0. The number of hydrogen-bond acceptors (Lipinski definition) is 3. The standard InChI is InChI=1S/C20H29N3O2/c1-20(2,3)25-19(24)23(12-14-5-4-6-14)13-17-10-16-8-7-15(11-21)9-18(16)22-17/h7-10,14,22H,4-6,11-13,21H2,1-3H3. The minimum Gasteiger partial charge on any atom is -0.444 e. The molecule has 1 amide bonds. The van der Waals surface area contributed by atoms with Gasteiger partial charge in [0.25, 0.3) is 0 Å². The Labute approximate surface area is 149 Å². The predicted molar refractivity (Wildman–Crippen MR) is 100 cm³/mol. The van der Waals surface area contributed by atoms with Crippen LogP contribution in [0.4, 0.5) is 4.79 Å². The number of nitrogens with one attached hydrogen (secondary N) is 1. The number of rotatable bonds is 5. The molecule has 3 rings (SSSR count). The lowest BCUT2D eigenvalue weighted by Crippen LogP contribution is -2.40. The smallest absolute Gasteiger partial charge is 0.410 e. The lowest BCUT2D eigenvalue weighted by molar-refractivity contribution is 0.0171. The summed E-state index contributed by atoms with van der Waals surface area (Å²) in [6.45, 7) is 7.55. The van der Waals surface area contributed by atoms with Crippen LogP contribution in [0.3, 0.4) is 0 Å². The van der Waals surface area contributed by atoms with Crippen LogP contribution in [-0.2, 0) is 17.8 Å². The minimum absolute atomic E-state index is 0.235. The monoisotopic (exact) mass is 343 g/mol. The molecule has 1 aliphatic carbocycles. The highest BCUT2D eigenvalue weighted by atomic mass is 16.6. The number of aromatic amines is 1. The van der Waals surface area contributed by atoms with Crippen molar-refractivity contribution in [2.75, 3.05) is 6.54 Å². The summed E-state index contributed by atoms with van der Waals surface area (Å²) in [6.07, 6.45) is 3.43. The third kappa shape index (κ3) is 4.54. The van der Waals surface area contributed by atoms with Gasteiger partial charge in [-0.3, -0.25) is 0 Å². The van der Waals surface area contributed by atoms with Crippen LogP contribution in [0.15, 0.2) is 24.3 Å². The van der Waals surface area contributed by atoms with Crippen molar-refractivity contribution in [2.45, 2.75) is 58.7 Å². The summed E-state index contributed by atoms with van der Waals surface area (Å²) in [6, 6.07) is 8.29. The van der Waals surface area contributed by atoms with E-state index in [1.54, 1.807) is 0 Å². The number of ether oxygens (including phenoxy) is 1. The van der Waals surface area contributed by atoms with Crippen LogP contribution in [0.25, 0.3) is 10.9 Å². The van der Waals surface area contributed by atoms with Crippen LogP contribution in [0, 0.1) is 5.92 Å². The molecule has 0 spiro atoms. The van der Waals surface area contributed by atoms with E-state index in [2.05, 4.69) is 23.2 Å². The van der Waals surface area contributed by atoms with Crippen molar-refractivity contribution in [3.8, 4) is 0 Å². The first-order valence-electron chi connectivity index (χ1n) is 9.12. The normalized spacial score (nSPS) is 15.2. The summed E-state index contributed by atoms with van der Waals surface area (Å²) in [5, 5.41) is 1.14. The summed E-state index contributed by atoms with van der Waals surface area (Å²) in [4.78, 5) is 17.9. The molecule has 1 aliphatic rings. The van der Waals surface area contributed by atoms with Gasteiger partial charge in [0, 0.05) is 24.3 Å². The molecular formula is C20H29N3O2. The highest BCUT2D eigenvalue weighted by molar-refractivity contribution is 5.81.